The number of ether oxygens (including phenoxy) is 3. The van der Waals surface area contributed by atoms with Crippen LogP contribution in [0.3, 0.4) is 0 Å². The molecule has 0 fully saturated rings. The third-order valence-electron chi connectivity index (χ3n) is 12.6. The summed E-state index contributed by atoms with van der Waals surface area (Å²) >= 11 is 0. The molecular weight excluding hydrogens is 877 g/mol. The van der Waals surface area contributed by atoms with Crippen LogP contribution in [0, 0.1) is 0 Å². The van der Waals surface area contributed by atoms with E-state index in [4.69, 9.17) is 14.2 Å². The summed E-state index contributed by atoms with van der Waals surface area (Å²) in [4.78, 5) is 38.1. The Morgan fingerprint density at radius 3 is 0.873 bits per heavy atom. The van der Waals surface area contributed by atoms with E-state index >= 15 is 0 Å². The minimum absolute atomic E-state index is 0.0851. The first kappa shape index (κ1) is 67.3. The van der Waals surface area contributed by atoms with Gasteiger partial charge in [0.1, 0.15) is 13.2 Å². The topological polar surface area (TPSA) is 78.9 Å². The Morgan fingerprint density at radius 2 is 0.549 bits per heavy atom. The predicted molar refractivity (Wildman–Crippen MR) is 307 cm³/mol. The van der Waals surface area contributed by atoms with Crippen molar-refractivity contribution in [3.05, 3.63) is 97.2 Å². The molecule has 6 nitrogen and oxygen atoms in total. The molecule has 0 spiro atoms. The molecule has 0 saturated carbocycles. The minimum atomic E-state index is -0.789. The number of carbonyl (C=O) groups is 3. The lowest BCUT2D eigenvalue weighted by Crippen LogP contribution is -2.30. The van der Waals surface area contributed by atoms with Crippen molar-refractivity contribution < 1.29 is 28.6 Å². The summed E-state index contributed by atoms with van der Waals surface area (Å²) in [6.45, 7) is 6.50. The molecule has 1 unspecified atom stereocenters. The van der Waals surface area contributed by atoms with Gasteiger partial charge < -0.3 is 14.2 Å². The Balaban J connectivity index is 4.34. The third kappa shape index (κ3) is 57.1. The quantitative estimate of drug-likeness (QED) is 0.0261. The van der Waals surface area contributed by atoms with E-state index in [0.29, 0.717) is 19.3 Å². The molecule has 71 heavy (non-hydrogen) atoms. The molecule has 0 aromatic carbocycles. The fraction of sp³-hybridized carbons (Fsp3) is 0.708. The normalized spacial score (nSPS) is 12.8. The number of rotatable bonds is 53. The molecular formula is C65H110O6. The van der Waals surface area contributed by atoms with Gasteiger partial charge >= 0.3 is 17.9 Å². The van der Waals surface area contributed by atoms with Crippen LogP contribution in [0.1, 0.15) is 278 Å². The monoisotopic (exact) mass is 987 g/mol. The molecule has 0 radical (unpaired) electrons. The summed E-state index contributed by atoms with van der Waals surface area (Å²) in [5.74, 6) is -0.909. The molecule has 0 aromatic heterocycles. The van der Waals surface area contributed by atoms with Gasteiger partial charge in [-0.2, -0.15) is 0 Å². The fourth-order valence-electron chi connectivity index (χ4n) is 8.12. The van der Waals surface area contributed by atoms with Crippen molar-refractivity contribution in [3.8, 4) is 0 Å². The highest BCUT2D eigenvalue weighted by Crippen LogP contribution is 2.15. The molecule has 0 amide bonds. The molecule has 0 aliphatic heterocycles. The van der Waals surface area contributed by atoms with Crippen LogP contribution in [0.5, 0.6) is 0 Å². The smallest absolute Gasteiger partial charge is 0.306 e. The summed E-state index contributed by atoms with van der Waals surface area (Å²) in [5, 5.41) is 0. The number of hydrogen-bond acceptors (Lipinski definition) is 6. The van der Waals surface area contributed by atoms with E-state index in [0.717, 1.165) is 135 Å². The zero-order valence-corrected chi connectivity index (χ0v) is 46.5. The molecule has 0 saturated heterocycles. The van der Waals surface area contributed by atoms with Gasteiger partial charge in [0.2, 0.25) is 0 Å². The first-order valence-corrected chi connectivity index (χ1v) is 29.7. The van der Waals surface area contributed by atoms with Crippen LogP contribution in [0.4, 0.5) is 0 Å². The van der Waals surface area contributed by atoms with Crippen LogP contribution in [0.2, 0.25) is 0 Å². The van der Waals surface area contributed by atoms with Gasteiger partial charge in [0.05, 0.1) is 0 Å². The Hall–Kier alpha value is -3.67. The lowest BCUT2D eigenvalue weighted by atomic mass is 10.0. The first-order valence-electron chi connectivity index (χ1n) is 29.7. The van der Waals surface area contributed by atoms with Gasteiger partial charge in [-0.15, -0.1) is 0 Å². The molecule has 0 bridgehead atoms. The standard InChI is InChI=1S/C65H110O6/c1-4-7-10-13-16-19-22-25-27-28-29-30-31-32-33-34-35-36-37-38-39-41-43-46-49-52-55-58-64(67)70-61-62(60-69-63(66)57-54-51-48-45-42-24-21-18-15-12-9-6-3)71-65(68)59-56-53-50-47-44-40-26-23-20-17-14-11-8-5-2/h7,10,16,19,23,25-27,29-30,32-33,35-36,38-39,62H,4-6,8-9,11-15,17-18,20-22,24,28,31,34,37,40-61H2,1-3H3/b10-7-,19-16-,26-23-,27-25-,30-29-,33-32-,36-35-,39-38-. The zero-order chi connectivity index (χ0) is 51.4. The van der Waals surface area contributed by atoms with Crippen molar-refractivity contribution in [1.82, 2.24) is 0 Å². The largest absolute Gasteiger partial charge is 0.462 e. The van der Waals surface area contributed by atoms with E-state index in [2.05, 4.69) is 118 Å². The van der Waals surface area contributed by atoms with Crippen molar-refractivity contribution in [2.75, 3.05) is 13.2 Å². The summed E-state index contributed by atoms with van der Waals surface area (Å²) in [5.41, 5.74) is 0. The minimum Gasteiger partial charge on any atom is -0.462 e. The predicted octanol–water partition coefficient (Wildman–Crippen LogP) is 20.1. The number of allylic oxidation sites excluding steroid dienone is 16. The molecule has 406 valence electrons. The van der Waals surface area contributed by atoms with E-state index in [1.807, 2.05) is 0 Å². The first-order chi connectivity index (χ1) is 35.0. The van der Waals surface area contributed by atoms with E-state index in [1.54, 1.807) is 0 Å². The summed E-state index contributed by atoms with van der Waals surface area (Å²) in [6, 6.07) is 0. The molecule has 0 aliphatic carbocycles. The maximum absolute atomic E-state index is 12.8. The second-order valence-corrected chi connectivity index (χ2v) is 19.5. The van der Waals surface area contributed by atoms with Crippen molar-refractivity contribution in [1.29, 1.82) is 0 Å². The molecule has 1 atom stereocenters. The van der Waals surface area contributed by atoms with Crippen molar-refractivity contribution in [2.24, 2.45) is 0 Å². The molecule has 0 heterocycles. The summed E-state index contributed by atoms with van der Waals surface area (Å²) in [7, 11) is 0. The molecule has 0 N–H and O–H groups in total. The van der Waals surface area contributed by atoms with Crippen molar-refractivity contribution in [2.45, 2.75) is 284 Å². The molecule has 0 aliphatic rings. The summed E-state index contributed by atoms with van der Waals surface area (Å²) < 4.78 is 16.8. The van der Waals surface area contributed by atoms with Crippen LogP contribution in [-0.4, -0.2) is 37.2 Å². The van der Waals surface area contributed by atoms with Crippen LogP contribution >= 0.6 is 0 Å². The van der Waals surface area contributed by atoms with Gasteiger partial charge in [-0.3, -0.25) is 14.4 Å². The highest BCUT2D eigenvalue weighted by molar-refractivity contribution is 5.71. The molecule has 0 aromatic rings. The van der Waals surface area contributed by atoms with E-state index in [9.17, 15) is 14.4 Å². The number of hydrogen-bond donors (Lipinski definition) is 0. The number of carbonyl (C=O) groups excluding carboxylic acids is 3. The van der Waals surface area contributed by atoms with Crippen molar-refractivity contribution in [3.63, 3.8) is 0 Å². The second-order valence-electron chi connectivity index (χ2n) is 19.5. The Kier molecular flexibility index (Phi) is 55.9. The zero-order valence-electron chi connectivity index (χ0n) is 46.5. The van der Waals surface area contributed by atoms with E-state index < -0.39 is 6.10 Å². The van der Waals surface area contributed by atoms with Crippen LogP contribution in [0.25, 0.3) is 0 Å². The van der Waals surface area contributed by atoms with Gasteiger partial charge in [0, 0.05) is 19.3 Å². The van der Waals surface area contributed by atoms with Gasteiger partial charge in [-0.1, -0.05) is 253 Å². The maximum Gasteiger partial charge on any atom is 0.306 e. The van der Waals surface area contributed by atoms with Gasteiger partial charge in [-0.05, 0) is 103 Å². The highest BCUT2D eigenvalue weighted by atomic mass is 16.6. The number of esters is 3. The van der Waals surface area contributed by atoms with Crippen molar-refractivity contribution >= 4 is 17.9 Å². The number of unbranched alkanes of at least 4 members (excludes halogenated alkanes) is 26. The summed E-state index contributed by atoms with van der Waals surface area (Å²) in [6.07, 6.45) is 78.3. The van der Waals surface area contributed by atoms with E-state index in [1.165, 1.54) is 103 Å². The third-order valence-corrected chi connectivity index (χ3v) is 12.6. The Bertz CT molecular complexity index is 1410. The van der Waals surface area contributed by atoms with Gasteiger partial charge in [-0.25, -0.2) is 0 Å². The SMILES string of the molecule is CC/C=C\C/C=C\C/C=C\C/C=C\C/C=C\C/C=C\C/C=C\CCCCCCCC(=O)OCC(COC(=O)CCCCCCCCCCCCCC)OC(=O)CCCCCCC/C=C\CCCCCCC. The lowest BCUT2D eigenvalue weighted by molar-refractivity contribution is -0.167. The van der Waals surface area contributed by atoms with Crippen LogP contribution in [-0.2, 0) is 28.6 Å². The second kappa shape index (κ2) is 58.9. The van der Waals surface area contributed by atoms with Gasteiger partial charge in [0.25, 0.3) is 0 Å². The molecule has 0 rings (SSSR count). The molecule has 6 heteroatoms. The van der Waals surface area contributed by atoms with Crippen LogP contribution < -0.4 is 0 Å². The average Bonchev–Trinajstić information content (AvgIpc) is 3.37. The Morgan fingerprint density at radius 1 is 0.296 bits per heavy atom. The van der Waals surface area contributed by atoms with Crippen LogP contribution in [0.15, 0.2) is 97.2 Å². The Labute approximate surface area is 438 Å². The maximum atomic E-state index is 12.8. The highest BCUT2D eigenvalue weighted by Gasteiger charge is 2.19. The van der Waals surface area contributed by atoms with Gasteiger partial charge in [0.15, 0.2) is 6.10 Å². The lowest BCUT2D eigenvalue weighted by Gasteiger charge is -2.18. The average molecular weight is 988 g/mol. The van der Waals surface area contributed by atoms with E-state index in [-0.39, 0.29) is 31.1 Å². The fourth-order valence-corrected chi connectivity index (χ4v) is 8.12.